The van der Waals surface area contributed by atoms with Crippen LogP contribution in [0.5, 0.6) is 5.75 Å². The third-order valence-electron chi connectivity index (χ3n) is 8.34. The lowest BCUT2D eigenvalue weighted by molar-refractivity contribution is -0.162. The first-order chi connectivity index (χ1) is 18.1. The van der Waals surface area contributed by atoms with Crippen LogP contribution in [0.1, 0.15) is 43.4 Å². The first kappa shape index (κ1) is 27.2. The molecule has 39 heavy (non-hydrogen) atoms. The number of benzene rings is 1. The molecule has 0 aromatic heterocycles. The molecule has 1 aromatic carbocycles. The van der Waals surface area contributed by atoms with Gasteiger partial charge in [-0.3, -0.25) is 24.3 Å². The van der Waals surface area contributed by atoms with Gasteiger partial charge in [0.25, 0.3) is 5.91 Å². The lowest BCUT2D eigenvalue weighted by Gasteiger charge is -2.59. The third kappa shape index (κ3) is 3.57. The Balaban J connectivity index is 1.69. The van der Waals surface area contributed by atoms with E-state index in [0.717, 1.165) is 6.08 Å². The Labute approximate surface area is 225 Å². The largest absolute Gasteiger partial charge is 0.507 e. The number of likely N-dealkylation sites (N-methyl/N-ethyl adjacent to an activating group) is 1. The van der Waals surface area contributed by atoms with Gasteiger partial charge in [0.1, 0.15) is 17.0 Å². The number of primary amides is 1. The summed E-state index contributed by atoms with van der Waals surface area (Å²) in [5, 5.41) is 49.6. The Morgan fingerprint density at radius 3 is 2.41 bits per heavy atom. The van der Waals surface area contributed by atoms with E-state index in [-0.39, 0.29) is 22.3 Å². The summed E-state index contributed by atoms with van der Waals surface area (Å²) in [6, 6.07) is 2.15. The van der Waals surface area contributed by atoms with Crippen LogP contribution in [0.3, 0.4) is 0 Å². The molecule has 0 unspecified atom stereocenters. The topological polar surface area (TPSA) is 186 Å². The molecule has 1 heterocycles. The molecule has 11 heteroatoms. The van der Waals surface area contributed by atoms with E-state index in [2.05, 4.69) is 31.1 Å². The van der Waals surface area contributed by atoms with Crippen molar-refractivity contribution in [2.75, 3.05) is 20.6 Å². The van der Waals surface area contributed by atoms with Crippen molar-refractivity contribution in [1.29, 1.82) is 0 Å². The number of carbonyl (C=O) groups excluding carboxylic acids is 3. The SMILES string of the molecule is CN(C)[C@@H]1C(=O)C(C(N)=O)=C[C@@]2(O)C(=O)C3=C(O)c4c(ccc(CNCC(C)(C)C)c4O)[C@@H]4C=N[C@]34[C@H](O)[C@@H]12. The number of nitrogens with zero attached hydrogens (tertiary/aromatic N) is 2. The molecule has 6 atom stereocenters. The number of hydrogen-bond acceptors (Lipinski definition) is 10. The van der Waals surface area contributed by atoms with E-state index < -0.39 is 63.9 Å². The number of hydrogen-bond donors (Lipinski definition) is 6. The number of nitrogens with one attached hydrogen (secondary N) is 1. The molecule has 1 spiro atoms. The van der Waals surface area contributed by atoms with Crippen LogP contribution in [0.25, 0.3) is 5.76 Å². The minimum absolute atomic E-state index is 0.00431. The quantitative estimate of drug-likeness (QED) is 0.279. The number of ketones is 2. The number of nitrogens with two attached hydrogens (primary N) is 1. The summed E-state index contributed by atoms with van der Waals surface area (Å²) >= 11 is 0. The van der Waals surface area contributed by atoms with Gasteiger partial charge in [0, 0.05) is 24.9 Å². The van der Waals surface area contributed by atoms with E-state index in [4.69, 9.17) is 5.73 Å². The van der Waals surface area contributed by atoms with Crippen molar-refractivity contribution in [3.05, 3.63) is 46.0 Å². The van der Waals surface area contributed by atoms with E-state index in [0.29, 0.717) is 24.2 Å². The third-order valence-corrected chi connectivity index (χ3v) is 8.34. The van der Waals surface area contributed by atoms with Crippen LogP contribution in [-0.2, 0) is 20.9 Å². The maximum atomic E-state index is 14.1. The van der Waals surface area contributed by atoms with Gasteiger partial charge in [0.15, 0.2) is 11.4 Å². The van der Waals surface area contributed by atoms with Crippen molar-refractivity contribution < 1.29 is 34.8 Å². The number of Topliss-reactive ketones (excluding diaryl/α,β-unsaturated/α-hetero) is 2. The molecule has 1 amide bonds. The molecule has 1 fully saturated rings. The van der Waals surface area contributed by atoms with Crippen LogP contribution in [0.4, 0.5) is 0 Å². The highest BCUT2D eigenvalue weighted by Crippen LogP contribution is 2.61. The minimum Gasteiger partial charge on any atom is -0.507 e. The Hall–Kier alpha value is -3.38. The number of fused-ring (bicyclic) bond motifs is 3. The number of carbonyl (C=O) groups is 3. The fraction of sp³-hybridized carbons (Fsp3) is 0.500. The van der Waals surface area contributed by atoms with Crippen LogP contribution >= 0.6 is 0 Å². The van der Waals surface area contributed by atoms with E-state index in [9.17, 15) is 34.8 Å². The Morgan fingerprint density at radius 1 is 1.21 bits per heavy atom. The normalized spacial score (nSPS) is 33.2. The van der Waals surface area contributed by atoms with E-state index in [1.54, 1.807) is 12.1 Å². The number of aromatic hydroxyl groups is 1. The molecular weight excluding hydrogens is 504 g/mol. The lowest BCUT2D eigenvalue weighted by Crippen LogP contribution is -2.75. The zero-order valence-corrected chi connectivity index (χ0v) is 22.5. The van der Waals surface area contributed by atoms with E-state index in [1.165, 1.54) is 25.2 Å². The molecule has 4 aliphatic rings. The van der Waals surface area contributed by atoms with Gasteiger partial charge in [-0.25, -0.2) is 0 Å². The van der Waals surface area contributed by atoms with Gasteiger partial charge in [-0.15, -0.1) is 0 Å². The predicted octanol–water partition coefficient (Wildman–Crippen LogP) is -0.0671. The van der Waals surface area contributed by atoms with Crippen molar-refractivity contribution >= 4 is 29.4 Å². The number of phenols is 1. The molecule has 7 N–H and O–H groups in total. The first-order valence-electron chi connectivity index (χ1n) is 12.8. The molecule has 1 aromatic rings. The Kier molecular flexibility index (Phi) is 5.97. The van der Waals surface area contributed by atoms with E-state index in [1.807, 2.05) is 0 Å². The van der Waals surface area contributed by atoms with Gasteiger partial charge >= 0.3 is 0 Å². The fourth-order valence-electron chi connectivity index (χ4n) is 6.54. The van der Waals surface area contributed by atoms with Gasteiger partial charge in [-0.2, -0.15) is 0 Å². The molecule has 0 bridgehead atoms. The molecule has 5 rings (SSSR count). The highest BCUT2D eigenvalue weighted by Gasteiger charge is 2.72. The summed E-state index contributed by atoms with van der Waals surface area (Å²) in [6.07, 6.45) is 0.696. The van der Waals surface area contributed by atoms with Gasteiger partial charge in [-0.1, -0.05) is 32.9 Å². The predicted molar refractivity (Wildman–Crippen MR) is 142 cm³/mol. The van der Waals surface area contributed by atoms with Crippen LogP contribution in [-0.4, -0.2) is 92.9 Å². The minimum atomic E-state index is -2.55. The van der Waals surface area contributed by atoms with Crippen molar-refractivity contribution in [1.82, 2.24) is 10.2 Å². The van der Waals surface area contributed by atoms with E-state index >= 15 is 0 Å². The molecule has 3 aliphatic carbocycles. The molecule has 1 aliphatic heterocycles. The number of aliphatic hydroxyl groups is 3. The average molecular weight is 539 g/mol. The van der Waals surface area contributed by atoms with Crippen molar-refractivity contribution in [2.45, 2.75) is 56.5 Å². The maximum Gasteiger partial charge on any atom is 0.252 e. The fourth-order valence-corrected chi connectivity index (χ4v) is 6.54. The number of amides is 1. The second-order valence-electron chi connectivity index (χ2n) is 12.3. The van der Waals surface area contributed by atoms with Crippen molar-refractivity contribution in [3.8, 4) is 5.75 Å². The molecule has 0 saturated heterocycles. The molecular formula is C28H34N4O7. The van der Waals surface area contributed by atoms with Crippen molar-refractivity contribution in [3.63, 3.8) is 0 Å². The summed E-state index contributed by atoms with van der Waals surface area (Å²) < 4.78 is 0. The first-order valence-corrected chi connectivity index (χ1v) is 12.8. The van der Waals surface area contributed by atoms with Crippen LogP contribution in [0, 0.1) is 11.3 Å². The number of phenolic OH excluding ortho intramolecular Hbond substituents is 1. The summed E-state index contributed by atoms with van der Waals surface area (Å²) in [5.41, 5.74) is 1.19. The lowest BCUT2D eigenvalue weighted by atomic mass is 9.50. The summed E-state index contributed by atoms with van der Waals surface area (Å²) in [6.45, 7) is 7.15. The number of aliphatic imine (C=N–C) groups is 1. The molecule has 208 valence electrons. The summed E-state index contributed by atoms with van der Waals surface area (Å²) in [5.74, 6) is -5.86. The Bertz CT molecular complexity index is 1400. The van der Waals surface area contributed by atoms with Gasteiger partial charge < -0.3 is 31.5 Å². The van der Waals surface area contributed by atoms with Gasteiger partial charge in [-0.05, 0) is 31.1 Å². The van der Waals surface area contributed by atoms with Crippen LogP contribution < -0.4 is 11.1 Å². The van der Waals surface area contributed by atoms with Crippen LogP contribution in [0.2, 0.25) is 0 Å². The van der Waals surface area contributed by atoms with Gasteiger partial charge in [0.2, 0.25) is 5.78 Å². The second-order valence-corrected chi connectivity index (χ2v) is 12.3. The smallest absolute Gasteiger partial charge is 0.252 e. The summed E-state index contributed by atoms with van der Waals surface area (Å²) in [7, 11) is 3.05. The number of aliphatic hydroxyl groups excluding tert-OH is 2. The number of rotatable bonds is 5. The molecule has 11 nitrogen and oxygen atoms in total. The molecule has 0 radical (unpaired) electrons. The molecule has 1 saturated carbocycles. The van der Waals surface area contributed by atoms with Gasteiger partial charge in [0.05, 0.1) is 40.7 Å². The van der Waals surface area contributed by atoms with Crippen LogP contribution in [0.15, 0.2) is 34.3 Å². The highest BCUT2D eigenvalue weighted by molar-refractivity contribution is 6.24. The summed E-state index contributed by atoms with van der Waals surface area (Å²) in [4.78, 5) is 45.3. The zero-order chi connectivity index (χ0) is 28.8. The zero-order valence-electron chi connectivity index (χ0n) is 22.5. The second kappa shape index (κ2) is 8.56. The highest BCUT2D eigenvalue weighted by atomic mass is 16.3. The monoisotopic (exact) mass is 538 g/mol. The Morgan fingerprint density at radius 2 is 1.87 bits per heavy atom. The standard InChI is InChI=1S/C28H34N4O7/c1-26(2,3)11-30-9-12-6-7-13-15-10-31-28(15)18(22(35)16(13)20(12)33)23(36)27(39)8-14(25(29)38)21(34)19(32(4)5)17(27)24(28)37/h6-8,10,15,17,19,24,30,33,35,37,39H,9,11H2,1-5H3,(H2,29,38)/t15-,17+,19-,24+,27-,28-/m0/s1. The average Bonchev–Trinajstić information content (AvgIpc) is 2.80. The van der Waals surface area contributed by atoms with Crippen molar-refractivity contribution in [2.24, 2.45) is 22.1 Å². The maximum absolute atomic E-state index is 14.1.